The van der Waals surface area contributed by atoms with Crippen LogP contribution in [0.1, 0.15) is 42.5 Å². The topological polar surface area (TPSA) is 9.23 Å². The van der Waals surface area contributed by atoms with Gasteiger partial charge in [-0.2, -0.15) is 0 Å². The molecule has 30 heavy (non-hydrogen) atoms. The first-order chi connectivity index (χ1) is 13.3. The lowest BCUT2D eigenvalue weighted by atomic mass is 9.90. The SMILES string of the molecule is CC1=C(C)C[Si]([Si](C)(C)C)([Si](C)(C)C)C(O[Si](C)(C)C)(c2c(C)cc(C)cc2C)C1. The summed E-state index contributed by atoms with van der Waals surface area (Å²) in [5, 5.41) is -0.0716. The Kier molecular flexibility index (Phi) is 6.92. The van der Waals surface area contributed by atoms with E-state index in [2.05, 4.69) is 106 Å². The smallest absolute Gasteiger partial charge is 0.184 e. The second-order valence-electron chi connectivity index (χ2n) is 13.1. The molecule has 2 rings (SSSR count). The van der Waals surface area contributed by atoms with E-state index in [9.17, 15) is 0 Å². The zero-order chi connectivity index (χ0) is 23.5. The van der Waals surface area contributed by atoms with Crippen molar-refractivity contribution in [3.63, 3.8) is 0 Å². The molecule has 1 unspecified atom stereocenters. The van der Waals surface area contributed by atoms with Crippen LogP contribution in [0, 0.1) is 20.8 Å². The van der Waals surface area contributed by atoms with E-state index in [1.165, 1.54) is 22.7 Å². The molecule has 1 aromatic rings. The van der Waals surface area contributed by atoms with E-state index in [1.807, 2.05) is 0 Å². The first kappa shape index (κ1) is 26.0. The van der Waals surface area contributed by atoms with Gasteiger partial charge in [-0.1, -0.05) is 68.1 Å². The normalized spacial score (nSPS) is 23.1. The average molecular weight is 477 g/mol. The summed E-state index contributed by atoms with van der Waals surface area (Å²) in [6.45, 7) is 35.2. The van der Waals surface area contributed by atoms with Crippen molar-refractivity contribution in [3.05, 3.63) is 45.5 Å². The molecule has 5 heteroatoms. The summed E-state index contributed by atoms with van der Waals surface area (Å²) in [6.07, 6.45) is 1.12. The van der Waals surface area contributed by atoms with Gasteiger partial charge in [0, 0.05) is 15.2 Å². The number of allylic oxidation sites excluding steroid dienone is 1. The van der Waals surface area contributed by atoms with Crippen molar-refractivity contribution in [1.29, 1.82) is 0 Å². The predicted molar refractivity (Wildman–Crippen MR) is 147 cm³/mol. The maximum atomic E-state index is 7.68. The van der Waals surface area contributed by atoms with Crippen LogP contribution in [0.2, 0.25) is 65.0 Å². The van der Waals surface area contributed by atoms with E-state index in [0.717, 1.165) is 6.42 Å². The maximum Gasteiger partial charge on any atom is 0.184 e. The van der Waals surface area contributed by atoms with E-state index in [-0.39, 0.29) is 5.22 Å². The molecular formula is C25H48OSi4. The van der Waals surface area contributed by atoms with Crippen molar-refractivity contribution in [3.8, 4) is 0 Å². The Morgan fingerprint density at radius 2 is 1.17 bits per heavy atom. The standard InChI is InChI=1S/C25H48OSi4/c1-19-15-20(2)24(21(3)16-19)25(26-27(6,7)8)17-22(4)23(5)18-30(25,28(9,10)11)29(12,13)14/h15-16H,17-18H2,1-14H3. The summed E-state index contributed by atoms with van der Waals surface area (Å²) in [5.74, 6) is 0. The van der Waals surface area contributed by atoms with Gasteiger partial charge < -0.3 is 4.43 Å². The highest BCUT2D eigenvalue weighted by Gasteiger charge is 2.69. The number of rotatable bonds is 5. The first-order valence-electron chi connectivity index (χ1n) is 11.7. The minimum Gasteiger partial charge on any atom is -0.411 e. The number of benzene rings is 1. The van der Waals surface area contributed by atoms with Crippen molar-refractivity contribution < 1.29 is 4.43 Å². The molecule has 0 aliphatic carbocycles. The fourth-order valence-electron chi connectivity index (χ4n) is 7.05. The van der Waals surface area contributed by atoms with Gasteiger partial charge in [0.15, 0.2) is 8.32 Å². The lowest BCUT2D eigenvalue weighted by Crippen LogP contribution is -2.83. The monoisotopic (exact) mass is 476 g/mol. The molecule has 170 valence electrons. The Morgan fingerprint density at radius 3 is 1.53 bits per heavy atom. The second-order valence-corrected chi connectivity index (χ2v) is 45.2. The molecule has 1 aliphatic heterocycles. The van der Waals surface area contributed by atoms with Crippen LogP contribution in [-0.2, 0) is 9.65 Å². The second kappa shape index (κ2) is 7.98. The van der Waals surface area contributed by atoms with E-state index in [4.69, 9.17) is 4.43 Å². The zero-order valence-electron chi connectivity index (χ0n) is 22.5. The molecule has 0 aromatic heterocycles. The van der Waals surface area contributed by atoms with Crippen molar-refractivity contribution in [2.45, 2.75) is 111 Å². The molecule has 0 spiro atoms. The van der Waals surface area contributed by atoms with Gasteiger partial charge in [-0.05, 0) is 83.4 Å². The van der Waals surface area contributed by atoms with Crippen molar-refractivity contribution in [2.75, 3.05) is 0 Å². The molecule has 0 radical (unpaired) electrons. The van der Waals surface area contributed by atoms with E-state index in [0.29, 0.717) is 0 Å². The molecule has 0 fully saturated rings. The van der Waals surface area contributed by atoms with Crippen molar-refractivity contribution >= 4 is 30.6 Å². The Morgan fingerprint density at radius 1 is 0.733 bits per heavy atom. The van der Waals surface area contributed by atoms with Gasteiger partial charge >= 0.3 is 0 Å². The molecule has 0 saturated heterocycles. The summed E-state index contributed by atoms with van der Waals surface area (Å²) in [4.78, 5) is 0. The van der Waals surface area contributed by atoms with Gasteiger partial charge in [0.25, 0.3) is 0 Å². The van der Waals surface area contributed by atoms with E-state index in [1.54, 1.807) is 16.7 Å². The third-order valence-corrected chi connectivity index (χ3v) is 49.2. The molecule has 0 amide bonds. The average Bonchev–Trinajstić information content (AvgIpc) is 2.45. The minimum absolute atomic E-state index is 0.0716. The fourth-order valence-corrected chi connectivity index (χ4v) is 59.6. The van der Waals surface area contributed by atoms with E-state index >= 15 is 0 Å². The highest BCUT2D eigenvalue weighted by atomic mass is 29.6. The number of hydrogen-bond donors (Lipinski definition) is 0. The zero-order valence-corrected chi connectivity index (χ0v) is 26.5. The quantitative estimate of drug-likeness (QED) is 0.307. The van der Waals surface area contributed by atoms with Crippen LogP contribution in [0.5, 0.6) is 0 Å². The Hall–Kier alpha value is -0.212. The lowest BCUT2D eigenvalue weighted by Gasteiger charge is -2.65. The summed E-state index contributed by atoms with van der Waals surface area (Å²) in [7, 11) is -6.72. The third kappa shape index (κ3) is 4.21. The number of hydrogen-bond acceptors (Lipinski definition) is 1. The third-order valence-electron chi connectivity index (χ3n) is 7.58. The van der Waals surface area contributed by atoms with Gasteiger partial charge in [0.2, 0.25) is 0 Å². The molecule has 0 saturated carbocycles. The Labute approximate surface area is 191 Å². The van der Waals surface area contributed by atoms with Crippen LogP contribution in [0.15, 0.2) is 23.3 Å². The largest absolute Gasteiger partial charge is 0.411 e. The molecular weight excluding hydrogens is 429 g/mol. The number of aryl methyl sites for hydroxylation is 3. The van der Waals surface area contributed by atoms with Gasteiger partial charge in [-0.25, -0.2) is 0 Å². The van der Waals surface area contributed by atoms with Gasteiger partial charge in [0.05, 0.1) is 12.3 Å². The summed E-state index contributed by atoms with van der Waals surface area (Å²) < 4.78 is 7.68. The molecule has 1 heterocycles. The van der Waals surface area contributed by atoms with Crippen LogP contribution in [0.25, 0.3) is 0 Å². The molecule has 1 nitrogen and oxygen atoms in total. The van der Waals surface area contributed by atoms with Crippen molar-refractivity contribution in [1.82, 2.24) is 0 Å². The fraction of sp³-hybridized carbons (Fsp3) is 0.680. The minimum atomic E-state index is -1.87. The summed E-state index contributed by atoms with van der Waals surface area (Å²) >= 11 is 0. The first-order valence-corrected chi connectivity index (χ1v) is 26.3. The molecule has 0 N–H and O–H groups in total. The predicted octanol–water partition coefficient (Wildman–Crippen LogP) is 8.22. The van der Waals surface area contributed by atoms with Gasteiger partial charge in [-0.15, -0.1) is 0 Å². The molecule has 1 aromatic carbocycles. The lowest BCUT2D eigenvalue weighted by molar-refractivity contribution is 0.135. The maximum absolute atomic E-state index is 7.68. The Bertz CT molecular complexity index is 812. The summed E-state index contributed by atoms with van der Waals surface area (Å²) in [5.41, 5.74) is 9.16. The molecule has 1 aliphatic rings. The van der Waals surface area contributed by atoms with E-state index < -0.39 is 30.6 Å². The Balaban J connectivity index is 3.15. The molecule has 0 bridgehead atoms. The van der Waals surface area contributed by atoms with Crippen LogP contribution in [-0.4, -0.2) is 30.6 Å². The highest BCUT2D eigenvalue weighted by Crippen LogP contribution is 2.57. The van der Waals surface area contributed by atoms with Gasteiger partial charge in [-0.3, -0.25) is 0 Å². The van der Waals surface area contributed by atoms with Crippen LogP contribution >= 0.6 is 0 Å². The van der Waals surface area contributed by atoms with Crippen LogP contribution in [0.3, 0.4) is 0 Å². The van der Waals surface area contributed by atoms with Crippen molar-refractivity contribution in [2.24, 2.45) is 0 Å². The van der Waals surface area contributed by atoms with Crippen LogP contribution in [0.4, 0.5) is 0 Å². The van der Waals surface area contributed by atoms with Gasteiger partial charge in [0.1, 0.15) is 0 Å². The van der Waals surface area contributed by atoms with Crippen LogP contribution < -0.4 is 0 Å². The highest BCUT2D eigenvalue weighted by molar-refractivity contribution is 7.69. The summed E-state index contributed by atoms with van der Waals surface area (Å²) in [6, 6.07) is 6.19. The molecule has 1 atom stereocenters.